The standard InChI is InChI=1S/C14H24N2O4/c1-14(2,3)10-6-8-16(9-7-10)13(20)15-11(17)4-5-12(18)19/h10H,4-9H2,1-3H3,(H,18,19)(H,15,17,20). The number of nitrogens with zero attached hydrogens (tertiary/aromatic N) is 1. The number of urea groups is 1. The topological polar surface area (TPSA) is 86.7 Å². The molecule has 3 amide bonds. The van der Waals surface area contributed by atoms with Crippen molar-refractivity contribution in [1.82, 2.24) is 10.2 Å². The molecule has 0 bridgehead atoms. The van der Waals surface area contributed by atoms with E-state index in [4.69, 9.17) is 5.11 Å². The number of nitrogens with one attached hydrogen (secondary N) is 1. The number of piperidine rings is 1. The molecule has 6 nitrogen and oxygen atoms in total. The summed E-state index contributed by atoms with van der Waals surface area (Å²) in [6.07, 6.45) is 1.44. The van der Waals surface area contributed by atoms with Crippen molar-refractivity contribution < 1.29 is 19.5 Å². The zero-order valence-corrected chi connectivity index (χ0v) is 12.4. The second-order valence-electron chi connectivity index (χ2n) is 6.37. The number of imide groups is 1. The van der Waals surface area contributed by atoms with Crippen LogP contribution in [0.1, 0.15) is 46.5 Å². The molecule has 1 aliphatic rings. The molecule has 2 N–H and O–H groups in total. The van der Waals surface area contributed by atoms with Crippen LogP contribution in [0, 0.1) is 11.3 Å². The Labute approximate surface area is 119 Å². The molecule has 0 aromatic heterocycles. The summed E-state index contributed by atoms with van der Waals surface area (Å²) in [6.45, 7) is 7.87. The van der Waals surface area contributed by atoms with Crippen molar-refractivity contribution >= 4 is 17.9 Å². The summed E-state index contributed by atoms with van der Waals surface area (Å²) in [5.74, 6) is -0.997. The normalized spacial score (nSPS) is 16.9. The van der Waals surface area contributed by atoms with Gasteiger partial charge in [0.2, 0.25) is 5.91 Å². The number of carbonyl (C=O) groups excluding carboxylic acids is 2. The quantitative estimate of drug-likeness (QED) is 0.828. The van der Waals surface area contributed by atoms with Gasteiger partial charge in [0, 0.05) is 19.5 Å². The largest absolute Gasteiger partial charge is 0.481 e. The molecule has 1 aliphatic heterocycles. The van der Waals surface area contributed by atoms with Gasteiger partial charge in [-0.1, -0.05) is 20.8 Å². The Morgan fingerprint density at radius 3 is 2.15 bits per heavy atom. The highest BCUT2D eigenvalue weighted by Gasteiger charge is 2.30. The van der Waals surface area contributed by atoms with Crippen molar-refractivity contribution in [3.8, 4) is 0 Å². The molecule has 0 unspecified atom stereocenters. The summed E-state index contributed by atoms with van der Waals surface area (Å²) < 4.78 is 0. The molecule has 1 saturated heterocycles. The van der Waals surface area contributed by atoms with Crippen LogP contribution < -0.4 is 5.32 Å². The van der Waals surface area contributed by atoms with E-state index in [1.165, 1.54) is 0 Å². The van der Waals surface area contributed by atoms with Gasteiger partial charge in [-0.2, -0.15) is 0 Å². The van der Waals surface area contributed by atoms with Crippen LogP contribution in [-0.4, -0.2) is 41.0 Å². The summed E-state index contributed by atoms with van der Waals surface area (Å²) in [6, 6.07) is -0.409. The molecular weight excluding hydrogens is 260 g/mol. The van der Waals surface area contributed by atoms with E-state index in [0.717, 1.165) is 12.8 Å². The van der Waals surface area contributed by atoms with Crippen LogP contribution in [0.2, 0.25) is 0 Å². The summed E-state index contributed by atoms with van der Waals surface area (Å²) >= 11 is 0. The van der Waals surface area contributed by atoms with E-state index in [1.807, 2.05) is 0 Å². The Morgan fingerprint density at radius 2 is 1.70 bits per heavy atom. The number of carbonyl (C=O) groups is 3. The first-order valence-electron chi connectivity index (χ1n) is 7.00. The number of likely N-dealkylation sites (tertiary alicyclic amines) is 1. The summed E-state index contributed by atoms with van der Waals surface area (Å²) in [5.41, 5.74) is 0.236. The molecule has 0 spiro atoms. The number of hydrogen-bond donors (Lipinski definition) is 2. The smallest absolute Gasteiger partial charge is 0.324 e. The lowest BCUT2D eigenvalue weighted by atomic mass is 9.75. The Balaban J connectivity index is 2.36. The van der Waals surface area contributed by atoms with Crippen LogP contribution in [0.4, 0.5) is 4.79 Å². The van der Waals surface area contributed by atoms with Crippen LogP contribution in [-0.2, 0) is 9.59 Å². The predicted octanol–water partition coefficient (Wildman–Crippen LogP) is 1.85. The number of carboxylic acid groups (broad SMARTS) is 1. The van der Waals surface area contributed by atoms with Gasteiger partial charge >= 0.3 is 12.0 Å². The minimum atomic E-state index is -1.04. The third-order valence-electron chi connectivity index (χ3n) is 3.82. The first-order valence-corrected chi connectivity index (χ1v) is 7.00. The second-order valence-corrected chi connectivity index (χ2v) is 6.37. The number of carboxylic acids is 1. The second kappa shape index (κ2) is 6.72. The van der Waals surface area contributed by atoms with Gasteiger partial charge < -0.3 is 10.0 Å². The Hall–Kier alpha value is -1.59. The minimum Gasteiger partial charge on any atom is -0.481 e. The van der Waals surface area contributed by atoms with Crippen molar-refractivity contribution in [2.75, 3.05) is 13.1 Å². The minimum absolute atomic E-state index is 0.167. The van der Waals surface area contributed by atoms with Gasteiger partial charge in [-0.25, -0.2) is 4.79 Å². The van der Waals surface area contributed by atoms with Crippen molar-refractivity contribution in [1.29, 1.82) is 0 Å². The monoisotopic (exact) mass is 284 g/mol. The van der Waals surface area contributed by atoms with E-state index in [0.29, 0.717) is 19.0 Å². The number of amides is 3. The molecule has 1 fully saturated rings. The molecule has 0 aliphatic carbocycles. The van der Waals surface area contributed by atoms with E-state index in [2.05, 4.69) is 26.1 Å². The molecule has 6 heteroatoms. The first kappa shape index (κ1) is 16.5. The molecule has 0 atom stereocenters. The fourth-order valence-corrected chi connectivity index (χ4v) is 2.43. The first-order chi connectivity index (χ1) is 9.20. The van der Waals surface area contributed by atoms with Gasteiger partial charge in [-0.05, 0) is 24.2 Å². The molecule has 0 radical (unpaired) electrons. The molecule has 114 valence electrons. The predicted molar refractivity (Wildman–Crippen MR) is 74.2 cm³/mol. The molecule has 1 rings (SSSR count). The van der Waals surface area contributed by atoms with Crippen LogP contribution in [0.3, 0.4) is 0 Å². The lowest BCUT2D eigenvalue weighted by Gasteiger charge is -2.38. The van der Waals surface area contributed by atoms with Crippen LogP contribution in [0.15, 0.2) is 0 Å². The highest BCUT2D eigenvalue weighted by Crippen LogP contribution is 2.34. The van der Waals surface area contributed by atoms with Gasteiger partial charge in [0.15, 0.2) is 0 Å². The van der Waals surface area contributed by atoms with Crippen molar-refractivity contribution in [2.24, 2.45) is 11.3 Å². The number of aliphatic carboxylic acids is 1. The van der Waals surface area contributed by atoms with E-state index in [1.54, 1.807) is 4.90 Å². The van der Waals surface area contributed by atoms with Gasteiger partial charge in [-0.15, -0.1) is 0 Å². The summed E-state index contributed by atoms with van der Waals surface area (Å²) in [7, 11) is 0. The van der Waals surface area contributed by atoms with Gasteiger partial charge in [0.1, 0.15) is 0 Å². The average molecular weight is 284 g/mol. The fraction of sp³-hybridized carbons (Fsp3) is 0.786. The summed E-state index contributed by atoms with van der Waals surface area (Å²) in [5, 5.41) is 10.7. The van der Waals surface area contributed by atoms with E-state index in [-0.39, 0.29) is 18.3 Å². The molecule has 1 heterocycles. The number of rotatable bonds is 3. The van der Waals surface area contributed by atoms with E-state index in [9.17, 15) is 14.4 Å². The average Bonchev–Trinajstić information content (AvgIpc) is 2.35. The van der Waals surface area contributed by atoms with Crippen LogP contribution in [0.25, 0.3) is 0 Å². The van der Waals surface area contributed by atoms with Crippen LogP contribution >= 0.6 is 0 Å². The molecule has 0 saturated carbocycles. The fourth-order valence-electron chi connectivity index (χ4n) is 2.43. The maximum atomic E-state index is 11.9. The lowest BCUT2D eigenvalue weighted by Crippen LogP contribution is -2.47. The molecular formula is C14H24N2O4. The van der Waals surface area contributed by atoms with E-state index < -0.39 is 17.9 Å². The van der Waals surface area contributed by atoms with Crippen LogP contribution in [0.5, 0.6) is 0 Å². The highest BCUT2D eigenvalue weighted by molar-refractivity contribution is 5.95. The van der Waals surface area contributed by atoms with Crippen molar-refractivity contribution in [3.05, 3.63) is 0 Å². The Bertz CT molecular complexity index is 379. The lowest BCUT2D eigenvalue weighted by molar-refractivity contribution is -0.138. The number of hydrogen-bond acceptors (Lipinski definition) is 3. The third kappa shape index (κ3) is 5.19. The van der Waals surface area contributed by atoms with E-state index >= 15 is 0 Å². The molecule has 0 aromatic rings. The van der Waals surface area contributed by atoms with Gasteiger partial charge in [0.25, 0.3) is 0 Å². The molecule has 20 heavy (non-hydrogen) atoms. The maximum Gasteiger partial charge on any atom is 0.324 e. The van der Waals surface area contributed by atoms with Gasteiger partial charge in [-0.3, -0.25) is 14.9 Å². The Morgan fingerprint density at radius 1 is 1.15 bits per heavy atom. The summed E-state index contributed by atoms with van der Waals surface area (Å²) in [4.78, 5) is 35.2. The zero-order chi connectivity index (χ0) is 15.3. The Kier molecular flexibility index (Phi) is 5.53. The van der Waals surface area contributed by atoms with Crippen molar-refractivity contribution in [3.63, 3.8) is 0 Å². The highest BCUT2D eigenvalue weighted by atomic mass is 16.4. The zero-order valence-electron chi connectivity index (χ0n) is 12.4. The SMILES string of the molecule is CC(C)(C)C1CCN(C(=O)NC(=O)CCC(=O)O)CC1. The molecule has 0 aromatic carbocycles. The van der Waals surface area contributed by atoms with Crippen molar-refractivity contribution in [2.45, 2.75) is 46.5 Å². The maximum absolute atomic E-state index is 11.9. The third-order valence-corrected chi connectivity index (χ3v) is 3.82. The van der Waals surface area contributed by atoms with Gasteiger partial charge in [0.05, 0.1) is 6.42 Å².